The molecule has 20 heavy (non-hydrogen) atoms. The van der Waals surface area contributed by atoms with Gasteiger partial charge in [-0.15, -0.1) is 0 Å². The van der Waals surface area contributed by atoms with E-state index in [1.54, 1.807) is 0 Å². The van der Waals surface area contributed by atoms with Crippen molar-refractivity contribution in [1.29, 1.82) is 0 Å². The number of rotatable bonds is 5. The normalized spacial score (nSPS) is 19.1. The summed E-state index contributed by atoms with van der Waals surface area (Å²) in [6.45, 7) is 7.33. The SMILES string of the molecule is CCC1CCCN1c1c(F)cc(CNC(C)C)cc1F. The molecular formula is C16H24F2N2. The zero-order valence-electron chi connectivity index (χ0n) is 12.5. The van der Waals surface area contributed by atoms with E-state index in [2.05, 4.69) is 12.2 Å². The summed E-state index contributed by atoms with van der Waals surface area (Å²) in [5.41, 5.74) is 0.812. The molecule has 0 spiro atoms. The summed E-state index contributed by atoms with van der Waals surface area (Å²) >= 11 is 0. The van der Waals surface area contributed by atoms with Crippen LogP contribution in [0, 0.1) is 11.6 Å². The summed E-state index contributed by atoms with van der Waals surface area (Å²) in [6.07, 6.45) is 2.95. The van der Waals surface area contributed by atoms with Crippen LogP contribution in [0.3, 0.4) is 0 Å². The predicted molar refractivity (Wildman–Crippen MR) is 79.0 cm³/mol. The maximum atomic E-state index is 14.3. The zero-order valence-corrected chi connectivity index (χ0v) is 12.5. The molecule has 112 valence electrons. The monoisotopic (exact) mass is 282 g/mol. The molecule has 4 heteroatoms. The summed E-state index contributed by atoms with van der Waals surface area (Å²) in [5.74, 6) is -0.878. The van der Waals surface area contributed by atoms with Gasteiger partial charge < -0.3 is 10.2 Å². The van der Waals surface area contributed by atoms with Gasteiger partial charge in [0.15, 0.2) is 0 Å². The van der Waals surface area contributed by atoms with E-state index in [4.69, 9.17) is 0 Å². The Morgan fingerprint density at radius 2 is 1.95 bits per heavy atom. The molecule has 0 aliphatic carbocycles. The average molecular weight is 282 g/mol. The molecule has 1 unspecified atom stereocenters. The van der Waals surface area contributed by atoms with Gasteiger partial charge in [0.05, 0.1) is 0 Å². The Kier molecular flexibility index (Phi) is 4.97. The molecule has 0 saturated carbocycles. The third-order valence-electron chi connectivity index (χ3n) is 3.93. The predicted octanol–water partition coefficient (Wildman–Crippen LogP) is 3.84. The van der Waals surface area contributed by atoms with Crippen LogP contribution in [-0.2, 0) is 6.54 Å². The first-order valence-corrected chi connectivity index (χ1v) is 7.50. The largest absolute Gasteiger partial charge is 0.364 e. The molecular weight excluding hydrogens is 258 g/mol. The maximum Gasteiger partial charge on any atom is 0.149 e. The van der Waals surface area contributed by atoms with Crippen molar-refractivity contribution in [2.45, 2.75) is 58.7 Å². The van der Waals surface area contributed by atoms with Crippen LogP contribution in [0.2, 0.25) is 0 Å². The number of hydrogen-bond acceptors (Lipinski definition) is 2. The molecule has 1 heterocycles. The summed E-state index contributed by atoms with van der Waals surface area (Å²) < 4.78 is 28.6. The highest BCUT2D eigenvalue weighted by Gasteiger charge is 2.28. The second-order valence-corrected chi connectivity index (χ2v) is 5.84. The van der Waals surface area contributed by atoms with Crippen molar-refractivity contribution >= 4 is 5.69 Å². The van der Waals surface area contributed by atoms with Crippen LogP contribution in [0.4, 0.5) is 14.5 Å². The van der Waals surface area contributed by atoms with Gasteiger partial charge in [0.2, 0.25) is 0 Å². The van der Waals surface area contributed by atoms with E-state index in [0.29, 0.717) is 18.2 Å². The standard InChI is InChI=1S/C16H24F2N2/c1-4-13-6-5-7-20(13)16-14(17)8-12(9-15(16)18)10-19-11(2)3/h8-9,11,13,19H,4-7,10H2,1-3H3. The zero-order chi connectivity index (χ0) is 14.7. The lowest BCUT2D eigenvalue weighted by atomic mass is 10.1. The highest BCUT2D eigenvalue weighted by atomic mass is 19.1. The van der Waals surface area contributed by atoms with E-state index in [1.165, 1.54) is 12.1 Å². The first kappa shape index (κ1) is 15.2. The van der Waals surface area contributed by atoms with E-state index in [9.17, 15) is 8.78 Å². The average Bonchev–Trinajstić information content (AvgIpc) is 2.83. The summed E-state index contributed by atoms with van der Waals surface area (Å²) in [4.78, 5) is 1.89. The Morgan fingerprint density at radius 3 is 2.50 bits per heavy atom. The molecule has 2 nitrogen and oxygen atoms in total. The Bertz CT molecular complexity index is 437. The van der Waals surface area contributed by atoms with Crippen molar-refractivity contribution < 1.29 is 8.78 Å². The third-order valence-corrected chi connectivity index (χ3v) is 3.93. The molecule has 0 amide bonds. The van der Waals surface area contributed by atoms with Crippen molar-refractivity contribution in [2.75, 3.05) is 11.4 Å². The highest BCUT2D eigenvalue weighted by molar-refractivity contribution is 5.52. The first-order chi connectivity index (χ1) is 9.52. The molecule has 1 fully saturated rings. The van der Waals surface area contributed by atoms with Crippen LogP contribution >= 0.6 is 0 Å². The van der Waals surface area contributed by atoms with Gasteiger partial charge in [0.25, 0.3) is 0 Å². The van der Waals surface area contributed by atoms with Crippen molar-refractivity contribution in [3.63, 3.8) is 0 Å². The Hall–Kier alpha value is -1.16. The number of halogens is 2. The van der Waals surface area contributed by atoms with Gasteiger partial charge >= 0.3 is 0 Å². The lowest BCUT2D eigenvalue weighted by molar-refractivity contribution is 0.545. The van der Waals surface area contributed by atoms with Gasteiger partial charge in [-0.1, -0.05) is 20.8 Å². The Labute approximate surface area is 120 Å². The van der Waals surface area contributed by atoms with Gasteiger partial charge in [-0.3, -0.25) is 0 Å². The molecule has 1 aromatic rings. The number of anilines is 1. The van der Waals surface area contributed by atoms with Crippen LogP contribution in [-0.4, -0.2) is 18.6 Å². The second kappa shape index (κ2) is 6.53. The van der Waals surface area contributed by atoms with Crippen LogP contribution < -0.4 is 10.2 Å². The summed E-state index contributed by atoms with van der Waals surface area (Å²) in [6, 6.07) is 3.47. The number of nitrogens with zero attached hydrogens (tertiary/aromatic N) is 1. The fourth-order valence-electron chi connectivity index (χ4n) is 2.87. The maximum absolute atomic E-state index is 14.3. The van der Waals surface area contributed by atoms with Crippen LogP contribution in [0.1, 0.15) is 45.6 Å². The van der Waals surface area contributed by atoms with E-state index in [-0.39, 0.29) is 11.7 Å². The molecule has 1 aliphatic heterocycles. The van der Waals surface area contributed by atoms with Crippen LogP contribution in [0.5, 0.6) is 0 Å². The molecule has 0 aromatic heterocycles. The van der Waals surface area contributed by atoms with Crippen LogP contribution in [0.15, 0.2) is 12.1 Å². The van der Waals surface area contributed by atoms with Gasteiger partial charge in [-0.25, -0.2) is 8.78 Å². The molecule has 1 N–H and O–H groups in total. The minimum Gasteiger partial charge on any atom is -0.364 e. The lowest BCUT2D eigenvalue weighted by Crippen LogP contribution is -2.30. The van der Waals surface area contributed by atoms with Gasteiger partial charge in [0.1, 0.15) is 17.3 Å². The Balaban J connectivity index is 2.22. The van der Waals surface area contributed by atoms with E-state index >= 15 is 0 Å². The minimum absolute atomic E-state index is 0.155. The molecule has 0 bridgehead atoms. The third kappa shape index (κ3) is 3.29. The van der Waals surface area contributed by atoms with Crippen molar-refractivity contribution in [2.24, 2.45) is 0 Å². The number of nitrogens with one attached hydrogen (secondary N) is 1. The first-order valence-electron chi connectivity index (χ1n) is 7.50. The van der Waals surface area contributed by atoms with Crippen molar-refractivity contribution in [3.8, 4) is 0 Å². The van der Waals surface area contributed by atoms with Gasteiger partial charge in [-0.05, 0) is 37.0 Å². The summed E-state index contributed by atoms with van der Waals surface area (Å²) in [7, 11) is 0. The van der Waals surface area contributed by atoms with Crippen LogP contribution in [0.25, 0.3) is 0 Å². The topological polar surface area (TPSA) is 15.3 Å². The quantitative estimate of drug-likeness (QED) is 0.882. The molecule has 2 rings (SSSR count). The molecule has 0 radical (unpaired) electrons. The van der Waals surface area contributed by atoms with Crippen molar-refractivity contribution in [1.82, 2.24) is 5.32 Å². The van der Waals surface area contributed by atoms with Crippen molar-refractivity contribution in [3.05, 3.63) is 29.3 Å². The second-order valence-electron chi connectivity index (χ2n) is 5.84. The fourth-order valence-corrected chi connectivity index (χ4v) is 2.87. The van der Waals surface area contributed by atoms with E-state index in [1.807, 2.05) is 18.7 Å². The Morgan fingerprint density at radius 1 is 1.30 bits per heavy atom. The van der Waals surface area contributed by atoms with E-state index in [0.717, 1.165) is 25.8 Å². The number of hydrogen-bond donors (Lipinski definition) is 1. The fraction of sp³-hybridized carbons (Fsp3) is 0.625. The van der Waals surface area contributed by atoms with E-state index < -0.39 is 11.6 Å². The minimum atomic E-state index is -0.439. The highest BCUT2D eigenvalue weighted by Crippen LogP contribution is 2.32. The molecule has 1 aliphatic rings. The smallest absolute Gasteiger partial charge is 0.149 e. The lowest BCUT2D eigenvalue weighted by Gasteiger charge is -2.27. The number of benzene rings is 1. The molecule has 1 aromatic carbocycles. The van der Waals surface area contributed by atoms with Gasteiger partial charge in [-0.2, -0.15) is 0 Å². The molecule has 1 saturated heterocycles. The van der Waals surface area contributed by atoms with Gasteiger partial charge in [0, 0.05) is 25.2 Å². The summed E-state index contributed by atoms with van der Waals surface area (Å²) in [5, 5.41) is 3.18. The molecule has 1 atom stereocenters.